The first kappa shape index (κ1) is 29.4. The number of anilines is 1. The number of amides is 1. The van der Waals surface area contributed by atoms with Crippen molar-refractivity contribution in [3.8, 4) is 17.2 Å². The molecule has 202 valence electrons. The van der Waals surface area contributed by atoms with Crippen molar-refractivity contribution in [1.29, 1.82) is 0 Å². The van der Waals surface area contributed by atoms with Gasteiger partial charge in [-0.25, -0.2) is 0 Å². The van der Waals surface area contributed by atoms with Crippen LogP contribution in [0.3, 0.4) is 0 Å². The van der Waals surface area contributed by atoms with E-state index in [4.69, 9.17) is 14.2 Å². The number of hydrogen-bond acceptors (Lipinski definition) is 7. The van der Waals surface area contributed by atoms with Crippen LogP contribution >= 0.6 is 0 Å². The topological polar surface area (TPSA) is 102 Å². The predicted molar refractivity (Wildman–Crippen MR) is 142 cm³/mol. The van der Waals surface area contributed by atoms with Gasteiger partial charge in [-0.3, -0.25) is 4.79 Å². The van der Waals surface area contributed by atoms with Crippen LogP contribution in [0, 0.1) is 0 Å². The van der Waals surface area contributed by atoms with Crippen molar-refractivity contribution in [3.05, 3.63) is 18.0 Å². The monoisotopic (exact) mass is 503 g/mol. The molecule has 0 spiro atoms. The second-order valence-corrected chi connectivity index (χ2v) is 9.88. The van der Waals surface area contributed by atoms with Crippen molar-refractivity contribution in [2.24, 2.45) is 0 Å². The van der Waals surface area contributed by atoms with Gasteiger partial charge in [-0.1, -0.05) is 69.9 Å². The lowest BCUT2D eigenvalue weighted by atomic mass is 9.89. The Labute approximate surface area is 216 Å². The largest absolute Gasteiger partial charge is 0.496 e. The number of carbonyl (C=O) groups excluding carboxylic acids is 1. The average molecular weight is 504 g/mol. The standard InChI is InChI=1S/C27H45N5O4/c1-8-9-10-11-12-13-14-15-16-17-20(2)32(26(33)27(3,4)25-28-30-31-29-25)24-22(35-6)18-21(34-5)19-23(24)36-7/h18-20H,8-17H2,1-7H3,(H,28,29,30,31). The van der Waals surface area contributed by atoms with Crippen LogP contribution in [0.4, 0.5) is 5.69 Å². The number of aromatic amines is 1. The minimum Gasteiger partial charge on any atom is -0.496 e. The summed E-state index contributed by atoms with van der Waals surface area (Å²) in [5.74, 6) is 1.77. The number of H-pyrrole nitrogens is 1. The lowest BCUT2D eigenvalue weighted by Crippen LogP contribution is -2.48. The number of tetrazole rings is 1. The second-order valence-electron chi connectivity index (χ2n) is 9.88. The van der Waals surface area contributed by atoms with Crippen LogP contribution in [0.15, 0.2) is 12.1 Å². The zero-order valence-corrected chi connectivity index (χ0v) is 23.2. The van der Waals surface area contributed by atoms with Gasteiger partial charge in [0.2, 0.25) is 5.91 Å². The third kappa shape index (κ3) is 7.58. The van der Waals surface area contributed by atoms with Gasteiger partial charge in [0.15, 0.2) is 5.82 Å². The predicted octanol–water partition coefficient (Wildman–Crippen LogP) is 5.85. The Hall–Kier alpha value is -2.84. The molecule has 0 aliphatic carbocycles. The Bertz CT molecular complexity index is 892. The maximum Gasteiger partial charge on any atom is 0.240 e. The first-order valence-electron chi connectivity index (χ1n) is 13.2. The molecular formula is C27H45N5O4. The summed E-state index contributed by atoms with van der Waals surface area (Å²) in [6.07, 6.45) is 12.1. The highest BCUT2D eigenvalue weighted by atomic mass is 16.5. The van der Waals surface area contributed by atoms with Gasteiger partial charge in [0.05, 0.1) is 21.3 Å². The number of nitrogens with zero attached hydrogens (tertiary/aromatic N) is 4. The van der Waals surface area contributed by atoms with E-state index in [1.807, 2.05) is 0 Å². The maximum atomic E-state index is 14.1. The van der Waals surface area contributed by atoms with E-state index in [1.54, 1.807) is 52.2 Å². The van der Waals surface area contributed by atoms with Gasteiger partial charge in [-0.2, -0.15) is 5.21 Å². The zero-order valence-electron chi connectivity index (χ0n) is 23.2. The van der Waals surface area contributed by atoms with E-state index >= 15 is 0 Å². The normalized spacial score (nSPS) is 12.3. The Balaban J connectivity index is 2.25. The summed E-state index contributed by atoms with van der Waals surface area (Å²) in [5, 5.41) is 14.3. The third-order valence-electron chi connectivity index (χ3n) is 6.75. The molecule has 9 heteroatoms. The van der Waals surface area contributed by atoms with Gasteiger partial charge in [0.1, 0.15) is 28.4 Å². The number of ether oxygens (including phenoxy) is 3. The highest BCUT2D eigenvalue weighted by Gasteiger charge is 2.41. The molecule has 1 aromatic heterocycles. The number of methoxy groups -OCH3 is 3. The third-order valence-corrected chi connectivity index (χ3v) is 6.75. The van der Waals surface area contributed by atoms with E-state index in [0.717, 1.165) is 19.3 Å². The minimum atomic E-state index is -1.02. The number of hydrogen-bond donors (Lipinski definition) is 1. The Morgan fingerprint density at radius 2 is 1.50 bits per heavy atom. The van der Waals surface area contributed by atoms with Gasteiger partial charge >= 0.3 is 0 Å². The van der Waals surface area contributed by atoms with E-state index in [2.05, 4.69) is 34.5 Å². The number of rotatable bonds is 17. The maximum absolute atomic E-state index is 14.1. The van der Waals surface area contributed by atoms with Crippen LogP contribution in [0.25, 0.3) is 0 Å². The van der Waals surface area contributed by atoms with Crippen molar-refractivity contribution in [1.82, 2.24) is 20.6 Å². The van der Waals surface area contributed by atoms with E-state index < -0.39 is 5.41 Å². The Kier molecular flexibility index (Phi) is 12.0. The van der Waals surface area contributed by atoms with Gasteiger partial charge in [-0.15, -0.1) is 10.2 Å². The lowest BCUT2D eigenvalue weighted by Gasteiger charge is -2.36. The molecule has 0 bridgehead atoms. The summed E-state index contributed by atoms with van der Waals surface area (Å²) in [5.41, 5.74) is -0.443. The fraction of sp³-hybridized carbons (Fsp3) is 0.704. The molecular weight excluding hydrogens is 458 g/mol. The van der Waals surface area contributed by atoms with Crippen molar-refractivity contribution in [2.45, 2.75) is 103 Å². The van der Waals surface area contributed by atoms with Crippen molar-refractivity contribution in [3.63, 3.8) is 0 Å². The van der Waals surface area contributed by atoms with Crippen LogP contribution in [0.1, 0.15) is 97.7 Å². The van der Waals surface area contributed by atoms with Gasteiger partial charge < -0.3 is 19.1 Å². The number of unbranched alkanes of at least 4 members (excludes halogenated alkanes) is 8. The summed E-state index contributed by atoms with van der Waals surface area (Å²) >= 11 is 0. The molecule has 1 unspecified atom stereocenters. The number of nitrogens with one attached hydrogen (secondary N) is 1. The molecule has 0 fully saturated rings. The first-order chi connectivity index (χ1) is 17.3. The van der Waals surface area contributed by atoms with Crippen LogP contribution in [0.2, 0.25) is 0 Å². The second kappa shape index (κ2) is 14.7. The quantitative estimate of drug-likeness (QED) is 0.270. The van der Waals surface area contributed by atoms with Crippen LogP contribution in [0.5, 0.6) is 17.2 Å². The van der Waals surface area contributed by atoms with Crippen LogP contribution in [-0.4, -0.2) is 53.9 Å². The van der Waals surface area contributed by atoms with Gasteiger partial charge in [0, 0.05) is 18.2 Å². The summed E-state index contributed by atoms with van der Waals surface area (Å²) in [7, 11) is 4.74. The van der Waals surface area contributed by atoms with E-state index in [0.29, 0.717) is 28.8 Å². The van der Waals surface area contributed by atoms with Crippen molar-refractivity contribution < 1.29 is 19.0 Å². The highest BCUT2D eigenvalue weighted by Crippen LogP contribution is 2.44. The number of carbonyl (C=O) groups is 1. The molecule has 1 atom stereocenters. The smallest absolute Gasteiger partial charge is 0.240 e. The Morgan fingerprint density at radius 1 is 0.944 bits per heavy atom. The molecule has 9 nitrogen and oxygen atoms in total. The van der Waals surface area contributed by atoms with E-state index in [1.165, 1.54) is 44.9 Å². The van der Waals surface area contributed by atoms with Gasteiger partial charge in [-0.05, 0) is 27.2 Å². The zero-order chi connectivity index (χ0) is 26.6. The van der Waals surface area contributed by atoms with Crippen molar-refractivity contribution >= 4 is 11.6 Å². The Morgan fingerprint density at radius 3 is 1.97 bits per heavy atom. The molecule has 36 heavy (non-hydrogen) atoms. The molecule has 0 saturated heterocycles. The highest BCUT2D eigenvalue weighted by molar-refractivity contribution is 6.03. The molecule has 1 heterocycles. The van der Waals surface area contributed by atoms with Crippen molar-refractivity contribution in [2.75, 3.05) is 26.2 Å². The molecule has 0 aliphatic heterocycles. The molecule has 1 amide bonds. The first-order valence-corrected chi connectivity index (χ1v) is 13.2. The van der Waals surface area contributed by atoms with Crippen LogP contribution in [-0.2, 0) is 10.2 Å². The summed E-state index contributed by atoms with van der Waals surface area (Å²) in [6.45, 7) is 7.93. The fourth-order valence-corrected chi connectivity index (χ4v) is 4.45. The number of benzene rings is 1. The summed E-state index contributed by atoms with van der Waals surface area (Å²) in [6, 6.07) is 3.43. The molecule has 0 aliphatic rings. The molecule has 1 aromatic carbocycles. The molecule has 1 N–H and O–H groups in total. The molecule has 0 saturated carbocycles. The van der Waals surface area contributed by atoms with Crippen LogP contribution < -0.4 is 19.1 Å². The average Bonchev–Trinajstić information content (AvgIpc) is 3.43. The SMILES string of the molecule is CCCCCCCCCCCC(C)N(C(=O)C(C)(C)c1nn[nH]n1)c1c(OC)cc(OC)cc1OC. The fourth-order valence-electron chi connectivity index (χ4n) is 4.45. The summed E-state index contributed by atoms with van der Waals surface area (Å²) < 4.78 is 16.8. The summed E-state index contributed by atoms with van der Waals surface area (Å²) in [4.78, 5) is 15.9. The van der Waals surface area contributed by atoms with E-state index in [-0.39, 0.29) is 11.9 Å². The number of aromatic nitrogens is 4. The lowest BCUT2D eigenvalue weighted by molar-refractivity contribution is -0.123. The molecule has 2 aromatic rings. The minimum absolute atomic E-state index is 0.107. The molecule has 0 radical (unpaired) electrons. The molecule has 2 rings (SSSR count). The van der Waals surface area contributed by atoms with E-state index in [9.17, 15) is 4.79 Å². The van der Waals surface area contributed by atoms with Gasteiger partial charge in [0.25, 0.3) is 0 Å².